The molecule has 0 spiro atoms. The molecule has 0 aliphatic heterocycles. The van der Waals surface area contributed by atoms with Crippen LogP contribution in [0.15, 0.2) is 24.4 Å². The van der Waals surface area contributed by atoms with Crippen LogP contribution in [0.5, 0.6) is 0 Å². The van der Waals surface area contributed by atoms with Gasteiger partial charge in [0, 0.05) is 12.1 Å². The Kier molecular flexibility index (Phi) is 4.77. The van der Waals surface area contributed by atoms with Crippen LogP contribution in [0.1, 0.15) is 58.1 Å². The number of pyridine rings is 1. The van der Waals surface area contributed by atoms with Crippen LogP contribution in [0, 0.1) is 28.6 Å². The molecule has 1 aliphatic carbocycles. The molecule has 1 atom stereocenters. The molecule has 3 heteroatoms. The summed E-state index contributed by atoms with van der Waals surface area (Å²) in [5, 5.41) is 9.35. The van der Waals surface area contributed by atoms with E-state index in [9.17, 15) is 10.1 Å². The van der Waals surface area contributed by atoms with E-state index < -0.39 is 5.92 Å². The lowest BCUT2D eigenvalue weighted by Gasteiger charge is -2.36. The van der Waals surface area contributed by atoms with Crippen molar-refractivity contribution in [2.24, 2.45) is 17.3 Å². The molecule has 1 heterocycles. The van der Waals surface area contributed by atoms with Crippen molar-refractivity contribution in [1.82, 2.24) is 4.98 Å². The average molecular weight is 284 g/mol. The van der Waals surface area contributed by atoms with Gasteiger partial charge in [-0.25, -0.2) is 0 Å². The van der Waals surface area contributed by atoms with E-state index in [0.717, 1.165) is 25.7 Å². The minimum absolute atomic E-state index is 0.0234. The first-order chi connectivity index (χ1) is 9.93. The van der Waals surface area contributed by atoms with E-state index in [1.54, 1.807) is 18.3 Å². The SMILES string of the molecule is CC(C)(C)C1CCC(C(=O)C(C#N)c2ccccn2)CC1. The number of carbonyl (C=O) groups excluding carboxylic acids is 1. The summed E-state index contributed by atoms with van der Waals surface area (Å²) in [6.45, 7) is 6.81. The number of rotatable bonds is 3. The number of ketones is 1. The topological polar surface area (TPSA) is 53.8 Å². The number of hydrogen-bond donors (Lipinski definition) is 0. The fraction of sp³-hybridized carbons (Fsp3) is 0.611. The summed E-state index contributed by atoms with van der Waals surface area (Å²) in [4.78, 5) is 16.8. The second-order valence-electron chi connectivity index (χ2n) is 7.13. The number of Topliss-reactive ketones (excluding diaryl/α,β-unsaturated/α-hetero) is 1. The normalized spacial score (nSPS) is 24.1. The largest absolute Gasteiger partial charge is 0.297 e. The Bertz CT molecular complexity index is 516. The molecule has 0 aromatic carbocycles. The van der Waals surface area contributed by atoms with Crippen molar-refractivity contribution in [3.05, 3.63) is 30.1 Å². The number of aromatic nitrogens is 1. The fourth-order valence-electron chi connectivity index (χ4n) is 3.30. The molecule has 0 radical (unpaired) electrons. The maximum absolute atomic E-state index is 12.6. The van der Waals surface area contributed by atoms with Crippen LogP contribution in [0.25, 0.3) is 0 Å². The van der Waals surface area contributed by atoms with Gasteiger partial charge in [-0.3, -0.25) is 9.78 Å². The molecule has 0 amide bonds. The highest BCUT2D eigenvalue weighted by molar-refractivity contribution is 5.90. The zero-order chi connectivity index (χ0) is 15.5. The van der Waals surface area contributed by atoms with E-state index in [2.05, 4.69) is 31.8 Å². The molecule has 112 valence electrons. The lowest BCUT2D eigenvalue weighted by molar-refractivity contribution is -0.124. The molecule has 1 aromatic rings. The van der Waals surface area contributed by atoms with Crippen LogP contribution < -0.4 is 0 Å². The third-order valence-electron chi connectivity index (χ3n) is 4.75. The number of nitrogens with zero attached hydrogens (tertiary/aromatic N) is 2. The maximum Gasteiger partial charge on any atom is 0.159 e. The zero-order valence-electron chi connectivity index (χ0n) is 13.2. The van der Waals surface area contributed by atoms with Gasteiger partial charge in [-0.05, 0) is 49.1 Å². The van der Waals surface area contributed by atoms with Gasteiger partial charge < -0.3 is 0 Å². The highest BCUT2D eigenvalue weighted by atomic mass is 16.1. The molecule has 0 saturated heterocycles. The average Bonchev–Trinajstić information content (AvgIpc) is 2.48. The third-order valence-corrected chi connectivity index (χ3v) is 4.75. The molecular weight excluding hydrogens is 260 g/mol. The van der Waals surface area contributed by atoms with Gasteiger partial charge in [0.05, 0.1) is 11.8 Å². The third kappa shape index (κ3) is 3.69. The fourth-order valence-corrected chi connectivity index (χ4v) is 3.30. The highest BCUT2D eigenvalue weighted by Crippen LogP contribution is 2.41. The summed E-state index contributed by atoms with van der Waals surface area (Å²) in [5.41, 5.74) is 0.895. The minimum atomic E-state index is -0.706. The van der Waals surface area contributed by atoms with Crippen molar-refractivity contribution < 1.29 is 4.79 Å². The minimum Gasteiger partial charge on any atom is -0.297 e. The molecule has 1 unspecified atom stereocenters. The standard InChI is InChI=1S/C18H24N2O/c1-18(2,3)14-9-7-13(8-10-14)17(21)15(12-19)16-6-4-5-11-20-16/h4-6,11,13-15H,7-10H2,1-3H3. The summed E-state index contributed by atoms with van der Waals surface area (Å²) < 4.78 is 0. The maximum atomic E-state index is 12.6. The predicted octanol–water partition coefficient (Wildman–Crippen LogP) is 4.11. The van der Waals surface area contributed by atoms with Gasteiger partial charge in [0.25, 0.3) is 0 Å². The lowest BCUT2D eigenvalue weighted by atomic mass is 9.68. The molecule has 0 bridgehead atoms. The van der Waals surface area contributed by atoms with Crippen LogP contribution in [0.4, 0.5) is 0 Å². The monoisotopic (exact) mass is 284 g/mol. The van der Waals surface area contributed by atoms with Crippen LogP contribution in [-0.2, 0) is 4.79 Å². The second kappa shape index (κ2) is 6.39. The Balaban J connectivity index is 2.03. The lowest BCUT2D eigenvalue weighted by Crippen LogP contribution is -2.31. The van der Waals surface area contributed by atoms with Crippen LogP contribution >= 0.6 is 0 Å². The van der Waals surface area contributed by atoms with Crippen LogP contribution in [0.2, 0.25) is 0 Å². The number of carbonyl (C=O) groups is 1. The van der Waals surface area contributed by atoms with Crippen molar-refractivity contribution in [1.29, 1.82) is 5.26 Å². The summed E-state index contributed by atoms with van der Waals surface area (Å²) in [6, 6.07) is 7.55. The molecule has 1 aliphatic rings. The summed E-state index contributed by atoms with van der Waals surface area (Å²) in [5.74, 6) is 0.0538. The molecule has 0 N–H and O–H groups in total. The second-order valence-corrected chi connectivity index (χ2v) is 7.13. The van der Waals surface area contributed by atoms with Crippen LogP contribution in [-0.4, -0.2) is 10.8 Å². The van der Waals surface area contributed by atoms with Gasteiger partial charge in [-0.15, -0.1) is 0 Å². The van der Waals surface area contributed by atoms with Crippen molar-refractivity contribution in [3.63, 3.8) is 0 Å². The van der Waals surface area contributed by atoms with Crippen molar-refractivity contribution >= 4 is 5.78 Å². The molecule has 1 saturated carbocycles. The van der Waals surface area contributed by atoms with Crippen LogP contribution in [0.3, 0.4) is 0 Å². The Morgan fingerprint density at radius 2 is 1.95 bits per heavy atom. The highest BCUT2D eigenvalue weighted by Gasteiger charge is 2.35. The van der Waals surface area contributed by atoms with Gasteiger partial charge in [0.1, 0.15) is 5.92 Å². The smallest absolute Gasteiger partial charge is 0.159 e. The Morgan fingerprint density at radius 1 is 1.29 bits per heavy atom. The van der Waals surface area contributed by atoms with E-state index >= 15 is 0 Å². The van der Waals surface area contributed by atoms with Gasteiger partial charge in [0.2, 0.25) is 0 Å². The molecule has 3 nitrogen and oxygen atoms in total. The van der Waals surface area contributed by atoms with Crippen molar-refractivity contribution in [3.8, 4) is 6.07 Å². The molecule has 21 heavy (non-hydrogen) atoms. The summed E-state index contributed by atoms with van der Waals surface area (Å²) >= 11 is 0. The quantitative estimate of drug-likeness (QED) is 0.839. The van der Waals surface area contributed by atoms with E-state index in [1.165, 1.54) is 0 Å². The Morgan fingerprint density at radius 3 is 2.43 bits per heavy atom. The van der Waals surface area contributed by atoms with Gasteiger partial charge in [0.15, 0.2) is 5.78 Å². The predicted molar refractivity (Wildman–Crippen MR) is 82.5 cm³/mol. The van der Waals surface area contributed by atoms with E-state index in [-0.39, 0.29) is 11.7 Å². The number of hydrogen-bond acceptors (Lipinski definition) is 3. The number of nitriles is 1. The molecule has 1 fully saturated rings. The van der Waals surface area contributed by atoms with E-state index in [4.69, 9.17) is 0 Å². The van der Waals surface area contributed by atoms with Gasteiger partial charge >= 0.3 is 0 Å². The molecular formula is C18H24N2O. The first-order valence-corrected chi connectivity index (χ1v) is 7.77. The van der Waals surface area contributed by atoms with Crippen molar-refractivity contribution in [2.45, 2.75) is 52.4 Å². The van der Waals surface area contributed by atoms with E-state index in [0.29, 0.717) is 17.0 Å². The molecule has 2 rings (SSSR count). The molecule has 1 aromatic heterocycles. The zero-order valence-corrected chi connectivity index (χ0v) is 13.2. The first-order valence-electron chi connectivity index (χ1n) is 7.77. The first kappa shape index (κ1) is 15.7. The van der Waals surface area contributed by atoms with Crippen molar-refractivity contribution in [2.75, 3.05) is 0 Å². The Hall–Kier alpha value is -1.69. The summed E-state index contributed by atoms with van der Waals surface area (Å²) in [7, 11) is 0. The van der Waals surface area contributed by atoms with E-state index in [1.807, 2.05) is 6.07 Å². The Labute approximate surface area is 127 Å². The summed E-state index contributed by atoms with van der Waals surface area (Å²) in [6.07, 6.45) is 5.63. The van der Waals surface area contributed by atoms with Gasteiger partial charge in [-0.1, -0.05) is 26.8 Å². The van der Waals surface area contributed by atoms with Gasteiger partial charge in [-0.2, -0.15) is 5.26 Å².